The molecule has 0 aliphatic carbocycles. The first kappa shape index (κ1) is 12.8. The summed E-state index contributed by atoms with van der Waals surface area (Å²) >= 11 is 0. The summed E-state index contributed by atoms with van der Waals surface area (Å²) in [6.45, 7) is 2.05. The molecule has 1 aliphatic rings. The molecule has 0 radical (unpaired) electrons. The molecule has 0 bridgehead atoms. The summed E-state index contributed by atoms with van der Waals surface area (Å²) in [6, 6.07) is 16.0. The summed E-state index contributed by atoms with van der Waals surface area (Å²) in [5.41, 5.74) is 5.36. The number of nitrogens with zero attached hydrogens (tertiary/aromatic N) is 2. The van der Waals surface area contributed by atoms with Gasteiger partial charge < -0.3 is 0 Å². The highest BCUT2D eigenvalue weighted by molar-refractivity contribution is 5.82. The number of carbonyl (C=O) groups is 1. The third-order valence-electron chi connectivity index (χ3n) is 3.61. The Kier molecular flexibility index (Phi) is 3.48. The first-order valence-electron chi connectivity index (χ1n) is 6.80. The van der Waals surface area contributed by atoms with Crippen molar-refractivity contribution in [2.24, 2.45) is 0 Å². The predicted molar refractivity (Wildman–Crippen MR) is 76.4 cm³/mol. The van der Waals surface area contributed by atoms with E-state index in [0.717, 1.165) is 11.3 Å². The van der Waals surface area contributed by atoms with Gasteiger partial charge in [-0.2, -0.15) is 0 Å². The molecule has 1 N–H and O–H groups in total. The molecule has 4 heteroatoms. The van der Waals surface area contributed by atoms with Gasteiger partial charge >= 0.3 is 0 Å². The summed E-state index contributed by atoms with van der Waals surface area (Å²) in [6.07, 6.45) is 2.28. The van der Waals surface area contributed by atoms with Crippen molar-refractivity contribution in [2.75, 3.05) is 0 Å². The molecular formula is C16H17N3O. The van der Waals surface area contributed by atoms with Crippen LogP contribution >= 0.6 is 0 Å². The van der Waals surface area contributed by atoms with E-state index in [4.69, 9.17) is 0 Å². The van der Waals surface area contributed by atoms with Gasteiger partial charge in [0.2, 0.25) is 5.91 Å². The van der Waals surface area contributed by atoms with Gasteiger partial charge in [-0.15, -0.1) is 0 Å². The van der Waals surface area contributed by atoms with E-state index in [1.54, 1.807) is 11.2 Å². The Morgan fingerprint density at radius 2 is 1.95 bits per heavy atom. The van der Waals surface area contributed by atoms with Crippen molar-refractivity contribution in [1.29, 1.82) is 0 Å². The second-order valence-electron chi connectivity index (χ2n) is 5.00. The van der Waals surface area contributed by atoms with Gasteiger partial charge in [-0.05, 0) is 24.6 Å². The zero-order valence-electron chi connectivity index (χ0n) is 11.4. The van der Waals surface area contributed by atoms with Crippen molar-refractivity contribution in [3.8, 4) is 0 Å². The Balaban J connectivity index is 1.72. The lowest BCUT2D eigenvalue weighted by molar-refractivity contribution is -0.153. The van der Waals surface area contributed by atoms with Crippen LogP contribution in [0.1, 0.15) is 36.7 Å². The predicted octanol–water partition coefficient (Wildman–Crippen LogP) is 2.62. The van der Waals surface area contributed by atoms with Crippen LogP contribution in [0.15, 0.2) is 54.7 Å². The summed E-state index contributed by atoms with van der Waals surface area (Å²) in [5.74, 6) is 0.114. The number of carbonyl (C=O) groups excluding carboxylic acids is 1. The Hall–Kier alpha value is -2.20. The molecule has 2 heterocycles. The third kappa shape index (κ3) is 2.42. The molecule has 1 fully saturated rings. The maximum Gasteiger partial charge on any atom is 0.239 e. The summed E-state index contributed by atoms with van der Waals surface area (Å²) in [5, 5.41) is 1.69. The quantitative estimate of drug-likeness (QED) is 0.866. The van der Waals surface area contributed by atoms with Gasteiger partial charge in [-0.3, -0.25) is 14.8 Å². The molecule has 1 aromatic heterocycles. The molecule has 1 aromatic carbocycles. The highest BCUT2D eigenvalue weighted by atomic mass is 16.2. The van der Waals surface area contributed by atoms with E-state index in [0.29, 0.717) is 6.42 Å². The van der Waals surface area contributed by atoms with E-state index in [9.17, 15) is 4.79 Å². The number of aromatic nitrogens is 1. The second-order valence-corrected chi connectivity index (χ2v) is 5.00. The Labute approximate surface area is 118 Å². The Bertz CT molecular complexity index is 585. The molecule has 4 nitrogen and oxygen atoms in total. The molecule has 0 spiro atoms. The zero-order valence-corrected chi connectivity index (χ0v) is 11.4. The second kappa shape index (κ2) is 5.43. The first-order chi connectivity index (χ1) is 9.75. The van der Waals surface area contributed by atoms with Gasteiger partial charge in [0, 0.05) is 12.2 Å². The van der Waals surface area contributed by atoms with E-state index in [2.05, 4.69) is 29.5 Å². The molecule has 0 unspecified atom stereocenters. The fourth-order valence-electron chi connectivity index (χ4n) is 2.41. The normalized spacial score (nSPS) is 19.6. The van der Waals surface area contributed by atoms with Crippen LogP contribution in [0.2, 0.25) is 0 Å². The molecule has 1 aliphatic heterocycles. The van der Waals surface area contributed by atoms with Crippen molar-refractivity contribution in [3.05, 3.63) is 66.0 Å². The van der Waals surface area contributed by atoms with Gasteiger partial charge in [-0.25, -0.2) is 5.43 Å². The molecule has 20 heavy (non-hydrogen) atoms. The van der Waals surface area contributed by atoms with Gasteiger partial charge in [-0.1, -0.05) is 36.4 Å². The monoisotopic (exact) mass is 267 g/mol. The van der Waals surface area contributed by atoms with E-state index in [1.807, 2.05) is 36.4 Å². The highest BCUT2D eigenvalue weighted by Crippen LogP contribution is 2.32. The van der Waals surface area contributed by atoms with Crippen molar-refractivity contribution < 1.29 is 4.79 Å². The summed E-state index contributed by atoms with van der Waals surface area (Å²) < 4.78 is 0. The Morgan fingerprint density at radius 1 is 1.20 bits per heavy atom. The lowest BCUT2D eigenvalue weighted by Crippen LogP contribution is -2.55. The number of amides is 1. The maximum atomic E-state index is 11.8. The van der Waals surface area contributed by atoms with E-state index in [-0.39, 0.29) is 18.0 Å². The van der Waals surface area contributed by atoms with Crippen molar-refractivity contribution >= 4 is 5.91 Å². The van der Waals surface area contributed by atoms with Gasteiger partial charge in [0.15, 0.2) is 0 Å². The zero-order chi connectivity index (χ0) is 13.9. The fourth-order valence-corrected chi connectivity index (χ4v) is 2.41. The molecule has 1 saturated heterocycles. The van der Waals surface area contributed by atoms with E-state index in [1.165, 1.54) is 0 Å². The summed E-state index contributed by atoms with van der Waals surface area (Å²) in [4.78, 5) is 16.1. The van der Waals surface area contributed by atoms with Crippen LogP contribution in [0.5, 0.6) is 0 Å². The number of β-lactam (4-membered cyclic amide) rings is 1. The SMILES string of the molecule is C[C@@H](NN1C(=O)C[C@H]1c1ccccn1)c1ccccc1. The van der Waals surface area contributed by atoms with Crippen LogP contribution in [-0.2, 0) is 4.79 Å². The average molecular weight is 267 g/mol. The molecule has 1 amide bonds. The van der Waals surface area contributed by atoms with Crippen LogP contribution < -0.4 is 5.43 Å². The maximum absolute atomic E-state index is 11.8. The van der Waals surface area contributed by atoms with Gasteiger partial charge in [0.1, 0.15) is 0 Å². The number of hydrogen-bond acceptors (Lipinski definition) is 3. The van der Waals surface area contributed by atoms with Crippen molar-refractivity contribution in [1.82, 2.24) is 15.4 Å². The molecule has 3 rings (SSSR count). The minimum absolute atomic E-state index is 0.0369. The number of hydrogen-bond donors (Lipinski definition) is 1. The molecule has 102 valence electrons. The van der Waals surface area contributed by atoms with Gasteiger partial charge in [0.25, 0.3) is 0 Å². The smallest absolute Gasteiger partial charge is 0.239 e. The van der Waals surface area contributed by atoms with Crippen LogP contribution in [0.3, 0.4) is 0 Å². The minimum atomic E-state index is 0.0369. The van der Waals surface area contributed by atoms with Gasteiger partial charge in [0.05, 0.1) is 18.2 Å². The minimum Gasteiger partial charge on any atom is -0.273 e. The largest absolute Gasteiger partial charge is 0.273 e. The van der Waals surface area contributed by atoms with Crippen LogP contribution in [-0.4, -0.2) is 15.9 Å². The van der Waals surface area contributed by atoms with Crippen LogP contribution in [0, 0.1) is 0 Å². The number of pyridine rings is 1. The van der Waals surface area contributed by atoms with Crippen molar-refractivity contribution in [2.45, 2.75) is 25.4 Å². The van der Waals surface area contributed by atoms with E-state index < -0.39 is 0 Å². The third-order valence-corrected chi connectivity index (χ3v) is 3.61. The molecule has 0 saturated carbocycles. The topological polar surface area (TPSA) is 45.2 Å². The first-order valence-corrected chi connectivity index (χ1v) is 6.80. The van der Waals surface area contributed by atoms with Crippen LogP contribution in [0.25, 0.3) is 0 Å². The number of hydrazine groups is 1. The summed E-state index contributed by atoms with van der Waals surface area (Å²) in [7, 11) is 0. The lowest BCUT2D eigenvalue weighted by atomic mass is 10.00. The average Bonchev–Trinajstić information content (AvgIpc) is 2.51. The number of rotatable bonds is 4. The molecular weight excluding hydrogens is 250 g/mol. The Morgan fingerprint density at radius 3 is 2.60 bits per heavy atom. The van der Waals surface area contributed by atoms with Crippen LogP contribution in [0.4, 0.5) is 0 Å². The number of nitrogens with one attached hydrogen (secondary N) is 1. The lowest BCUT2D eigenvalue weighted by Gasteiger charge is -2.41. The fraction of sp³-hybridized carbons (Fsp3) is 0.250. The molecule has 2 aromatic rings. The molecule has 2 atom stereocenters. The standard InChI is InChI=1S/C16H17N3O/c1-12(13-7-3-2-4-8-13)18-19-15(11-16(19)20)14-9-5-6-10-17-14/h2-10,12,15,18H,11H2,1H3/t12-,15+/m1/s1. The number of benzene rings is 1. The van der Waals surface area contributed by atoms with E-state index >= 15 is 0 Å². The highest BCUT2D eigenvalue weighted by Gasteiger charge is 2.38. The van der Waals surface area contributed by atoms with Crippen molar-refractivity contribution in [3.63, 3.8) is 0 Å².